The number of imidazole rings is 1. The molecule has 0 N–H and O–H groups in total. The van der Waals surface area contributed by atoms with Gasteiger partial charge in [0.1, 0.15) is 11.3 Å². The summed E-state index contributed by atoms with van der Waals surface area (Å²) in [5.74, 6) is 0.315. The van der Waals surface area contributed by atoms with Crippen LogP contribution in [0.2, 0.25) is 0 Å². The number of nitrogens with zero attached hydrogens (tertiary/aromatic N) is 3. The van der Waals surface area contributed by atoms with Gasteiger partial charge in [-0.15, -0.1) is 0 Å². The van der Waals surface area contributed by atoms with E-state index in [9.17, 15) is 0 Å². The van der Waals surface area contributed by atoms with Gasteiger partial charge in [-0.1, -0.05) is 35.5 Å². The molecule has 2 aromatic heterocycles. The third-order valence-electron chi connectivity index (χ3n) is 4.22. The van der Waals surface area contributed by atoms with E-state index >= 15 is 4.39 Å². The van der Waals surface area contributed by atoms with Crippen LogP contribution >= 0.6 is 0 Å². The molecule has 120 valence electrons. The fourth-order valence-electron chi connectivity index (χ4n) is 3.08. The Morgan fingerprint density at radius 1 is 1.08 bits per heavy atom. The Morgan fingerprint density at radius 3 is 2.58 bits per heavy atom. The van der Waals surface area contributed by atoms with Crippen LogP contribution in [0.15, 0.2) is 53.3 Å². The van der Waals surface area contributed by atoms with E-state index in [4.69, 9.17) is 4.52 Å². The van der Waals surface area contributed by atoms with E-state index in [0.29, 0.717) is 40.2 Å². The van der Waals surface area contributed by atoms with E-state index in [1.165, 1.54) is 0 Å². The van der Waals surface area contributed by atoms with Crippen LogP contribution in [0.5, 0.6) is 0 Å². The number of benzene rings is 2. The van der Waals surface area contributed by atoms with Crippen molar-refractivity contribution < 1.29 is 8.91 Å². The molecular weight excluding hydrogens is 305 g/mol. The normalized spacial score (nSPS) is 11.3. The maximum atomic E-state index is 15.3. The molecule has 2 heterocycles. The zero-order chi connectivity index (χ0) is 16.7. The van der Waals surface area contributed by atoms with Crippen LogP contribution < -0.4 is 0 Å². The first-order chi connectivity index (χ1) is 11.6. The lowest BCUT2D eigenvalue weighted by molar-refractivity contribution is 0.393. The highest BCUT2D eigenvalue weighted by Crippen LogP contribution is 2.32. The highest BCUT2D eigenvalue weighted by molar-refractivity contribution is 5.84. The van der Waals surface area contributed by atoms with Crippen molar-refractivity contribution in [2.24, 2.45) is 0 Å². The van der Waals surface area contributed by atoms with Gasteiger partial charge in [0.05, 0.1) is 23.1 Å². The molecule has 0 aliphatic heterocycles. The SMILES string of the molecule is Cc1noc(C)c1-c1ccc2ncn(Cc3ccccc3)c2c1F. The zero-order valence-corrected chi connectivity index (χ0v) is 13.5. The minimum atomic E-state index is -0.296. The molecule has 0 saturated heterocycles. The number of fused-ring (bicyclic) bond motifs is 1. The fourth-order valence-corrected chi connectivity index (χ4v) is 3.08. The van der Waals surface area contributed by atoms with Crippen molar-refractivity contribution in [2.75, 3.05) is 0 Å². The van der Waals surface area contributed by atoms with Gasteiger partial charge < -0.3 is 9.09 Å². The number of halogens is 1. The predicted octanol–water partition coefficient (Wildman–Crippen LogP) is 4.50. The molecule has 0 spiro atoms. The third kappa shape index (κ3) is 2.29. The molecule has 0 aliphatic carbocycles. The molecule has 0 aliphatic rings. The Balaban J connectivity index is 1.88. The molecule has 5 heteroatoms. The van der Waals surface area contributed by atoms with Gasteiger partial charge in [0.15, 0.2) is 5.82 Å². The van der Waals surface area contributed by atoms with Crippen molar-refractivity contribution in [1.82, 2.24) is 14.7 Å². The number of aromatic nitrogens is 3. The molecule has 0 fully saturated rings. The first kappa shape index (κ1) is 14.6. The van der Waals surface area contributed by atoms with Crippen molar-refractivity contribution in [3.63, 3.8) is 0 Å². The molecule has 2 aromatic carbocycles. The molecule has 0 bridgehead atoms. The molecule has 4 nitrogen and oxygen atoms in total. The second-order valence-corrected chi connectivity index (χ2v) is 5.85. The zero-order valence-electron chi connectivity index (χ0n) is 13.5. The van der Waals surface area contributed by atoms with E-state index in [0.717, 1.165) is 5.56 Å². The minimum absolute atomic E-state index is 0.296. The second kappa shape index (κ2) is 5.60. The Labute approximate surface area is 138 Å². The van der Waals surface area contributed by atoms with E-state index in [1.807, 2.05) is 47.9 Å². The fraction of sp³-hybridized carbons (Fsp3) is 0.158. The van der Waals surface area contributed by atoms with Gasteiger partial charge in [-0.05, 0) is 31.5 Å². The van der Waals surface area contributed by atoms with Crippen LogP contribution in [-0.2, 0) is 6.54 Å². The first-order valence-corrected chi connectivity index (χ1v) is 7.75. The van der Waals surface area contributed by atoms with E-state index < -0.39 is 0 Å². The monoisotopic (exact) mass is 321 g/mol. The summed E-state index contributed by atoms with van der Waals surface area (Å²) < 4.78 is 22.3. The number of rotatable bonds is 3. The molecule has 0 atom stereocenters. The van der Waals surface area contributed by atoms with Gasteiger partial charge in [-0.3, -0.25) is 0 Å². The summed E-state index contributed by atoms with van der Waals surface area (Å²) >= 11 is 0. The van der Waals surface area contributed by atoms with Crippen LogP contribution in [0.4, 0.5) is 4.39 Å². The topological polar surface area (TPSA) is 43.9 Å². The molecule has 24 heavy (non-hydrogen) atoms. The Kier molecular flexibility index (Phi) is 3.41. The highest BCUT2D eigenvalue weighted by Gasteiger charge is 2.19. The van der Waals surface area contributed by atoms with Gasteiger partial charge in [0.25, 0.3) is 0 Å². The van der Waals surface area contributed by atoms with Crippen molar-refractivity contribution in [3.8, 4) is 11.1 Å². The minimum Gasteiger partial charge on any atom is -0.361 e. The van der Waals surface area contributed by atoms with E-state index in [2.05, 4.69) is 10.1 Å². The van der Waals surface area contributed by atoms with Crippen LogP contribution in [0.3, 0.4) is 0 Å². The van der Waals surface area contributed by atoms with Crippen LogP contribution in [0.25, 0.3) is 22.2 Å². The smallest absolute Gasteiger partial charge is 0.157 e. The summed E-state index contributed by atoms with van der Waals surface area (Å²) in [5, 5.41) is 3.93. The van der Waals surface area contributed by atoms with E-state index in [1.54, 1.807) is 19.3 Å². The van der Waals surface area contributed by atoms with Gasteiger partial charge in [0, 0.05) is 12.1 Å². The lowest BCUT2D eigenvalue weighted by Gasteiger charge is -2.08. The molecule has 0 unspecified atom stereocenters. The van der Waals surface area contributed by atoms with Gasteiger partial charge in [-0.25, -0.2) is 9.37 Å². The Morgan fingerprint density at radius 2 is 1.88 bits per heavy atom. The van der Waals surface area contributed by atoms with Crippen molar-refractivity contribution in [1.29, 1.82) is 0 Å². The summed E-state index contributed by atoms with van der Waals surface area (Å²) in [6.45, 7) is 4.18. The maximum Gasteiger partial charge on any atom is 0.157 e. The van der Waals surface area contributed by atoms with Gasteiger partial charge in [-0.2, -0.15) is 0 Å². The Bertz CT molecular complexity index is 998. The molecule has 0 radical (unpaired) electrons. The molecule has 4 rings (SSSR count). The van der Waals surface area contributed by atoms with Crippen LogP contribution in [0.1, 0.15) is 17.0 Å². The molecule has 0 amide bonds. The quantitative estimate of drug-likeness (QED) is 0.558. The van der Waals surface area contributed by atoms with Gasteiger partial charge in [0.2, 0.25) is 0 Å². The molecule has 0 saturated carbocycles. The van der Waals surface area contributed by atoms with Crippen molar-refractivity contribution >= 4 is 11.0 Å². The molecule has 4 aromatic rings. The number of aryl methyl sites for hydroxylation is 2. The van der Waals surface area contributed by atoms with Crippen molar-refractivity contribution in [2.45, 2.75) is 20.4 Å². The predicted molar refractivity (Wildman–Crippen MR) is 90.2 cm³/mol. The van der Waals surface area contributed by atoms with Crippen LogP contribution in [-0.4, -0.2) is 14.7 Å². The standard InChI is InChI=1S/C19H16FN3O/c1-12-17(13(2)24-22-12)15-8-9-16-19(18(15)20)23(11-21-16)10-14-6-4-3-5-7-14/h3-9,11H,10H2,1-2H3. The van der Waals surface area contributed by atoms with Gasteiger partial charge >= 0.3 is 0 Å². The van der Waals surface area contributed by atoms with Crippen molar-refractivity contribution in [3.05, 3.63) is 71.6 Å². The average Bonchev–Trinajstić information content (AvgIpc) is 3.14. The average molecular weight is 321 g/mol. The summed E-state index contributed by atoms with van der Waals surface area (Å²) in [7, 11) is 0. The second-order valence-electron chi connectivity index (χ2n) is 5.85. The lowest BCUT2D eigenvalue weighted by atomic mass is 10.0. The Hall–Kier alpha value is -2.95. The summed E-state index contributed by atoms with van der Waals surface area (Å²) in [6, 6.07) is 13.5. The van der Waals surface area contributed by atoms with Crippen LogP contribution in [0, 0.1) is 19.7 Å². The summed E-state index contributed by atoms with van der Waals surface area (Å²) in [4.78, 5) is 4.33. The number of hydrogen-bond acceptors (Lipinski definition) is 3. The summed E-state index contributed by atoms with van der Waals surface area (Å²) in [5.41, 5.74) is 4.12. The maximum absolute atomic E-state index is 15.3. The first-order valence-electron chi connectivity index (χ1n) is 7.75. The highest BCUT2D eigenvalue weighted by atomic mass is 19.1. The summed E-state index contributed by atoms with van der Waals surface area (Å²) in [6.07, 6.45) is 1.68. The molecular formula is C19H16FN3O. The number of hydrogen-bond donors (Lipinski definition) is 0. The largest absolute Gasteiger partial charge is 0.361 e. The lowest BCUT2D eigenvalue weighted by Crippen LogP contribution is -2.00. The third-order valence-corrected chi connectivity index (χ3v) is 4.22. The van der Waals surface area contributed by atoms with E-state index in [-0.39, 0.29) is 5.82 Å².